The molecule has 0 saturated heterocycles. The highest BCUT2D eigenvalue weighted by molar-refractivity contribution is 8.02. The molecule has 3 N–H and O–H groups in total. The molecular weight excluding hydrogens is 336 g/mol. The number of rotatable bonds is 6. The van der Waals surface area contributed by atoms with E-state index in [2.05, 4.69) is 39.6 Å². The molecule has 0 saturated carbocycles. The summed E-state index contributed by atoms with van der Waals surface area (Å²) in [4.78, 5) is 11.7. The lowest BCUT2D eigenvalue weighted by Gasteiger charge is -1.98. The van der Waals surface area contributed by atoms with Crippen molar-refractivity contribution < 1.29 is 4.79 Å². The van der Waals surface area contributed by atoms with E-state index in [-0.39, 0.29) is 11.7 Å². The molecule has 108 valence electrons. The molecular formula is C9H12N6OS4. The number of nitrogens with one attached hydrogen (secondary N) is 1. The average Bonchev–Trinajstić information content (AvgIpc) is 2.95. The zero-order chi connectivity index (χ0) is 14.5. The molecule has 2 aromatic rings. The van der Waals surface area contributed by atoms with Crippen LogP contribution in [0.2, 0.25) is 0 Å². The molecule has 20 heavy (non-hydrogen) atoms. The third kappa shape index (κ3) is 4.89. The number of amides is 1. The summed E-state index contributed by atoms with van der Waals surface area (Å²) >= 11 is 5.53. The van der Waals surface area contributed by atoms with Crippen LogP contribution in [0.25, 0.3) is 0 Å². The minimum atomic E-state index is -0.152. The van der Waals surface area contributed by atoms with Crippen molar-refractivity contribution in [1.82, 2.24) is 20.4 Å². The van der Waals surface area contributed by atoms with E-state index in [1.807, 2.05) is 0 Å². The average molecular weight is 349 g/mol. The Morgan fingerprint density at radius 1 is 1.25 bits per heavy atom. The van der Waals surface area contributed by atoms with Crippen LogP contribution in [0.15, 0.2) is 8.68 Å². The molecule has 2 heterocycles. The van der Waals surface area contributed by atoms with Crippen LogP contribution in [0.4, 0.5) is 10.3 Å². The number of nitrogens with zero attached hydrogens (tertiary/aromatic N) is 4. The number of aromatic nitrogens is 4. The molecule has 0 fully saturated rings. The Hall–Kier alpha value is -0.910. The molecule has 1 amide bonds. The summed E-state index contributed by atoms with van der Waals surface area (Å²) in [6, 6.07) is 0. The predicted molar refractivity (Wildman–Crippen MR) is 84.6 cm³/mol. The van der Waals surface area contributed by atoms with Gasteiger partial charge in [0.1, 0.15) is 0 Å². The van der Waals surface area contributed by atoms with Crippen molar-refractivity contribution in [3.05, 3.63) is 0 Å². The number of hydrogen-bond donors (Lipinski definition) is 2. The van der Waals surface area contributed by atoms with Crippen molar-refractivity contribution in [3.8, 4) is 0 Å². The van der Waals surface area contributed by atoms with E-state index in [4.69, 9.17) is 5.73 Å². The zero-order valence-electron chi connectivity index (χ0n) is 10.7. The van der Waals surface area contributed by atoms with E-state index in [1.165, 1.54) is 34.4 Å². The predicted octanol–water partition coefficient (Wildman–Crippen LogP) is 2.20. The molecule has 0 radical (unpaired) electrons. The van der Waals surface area contributed by atoms with Crippen LogP contribution in [0.1, 0.15) is 13.8 Å². The van der Waals surface area contributed by atoms with Gasteiger partial charge in [-0.1, -0.05) is 60.0 Å². The third-order valence-electron chi connectivity index (χ3n) is 1.74. The van der Waals surface area contributed by atoms with Crippen LogP contribution in [0.3, 0.4) is 0 Å². The molecule has 2 rings (SSSR count). The second kappa shape index (κ2) is 7.20. The molecule has 0 unspecified atom stereocenters. The largest absolute Gasteiger partial charge is 0.374 e. The van der Waals surface area contributed by atoms with Crippen LogP contribution < -0.4 is 11.1 Å². The van der Waals surface area contributed by atoms with E-state index in [0.29, 0.717) is 19.9 Å². The molecule has 0 spiro atoms. The molecule has 0 aliphatic carbocycles. The van der Waals surface area contributed by atoms with Crippen molar-refractivity contribution in [1.29, 1.82) is 0 Å². The lowest BCUT2D eigenvalue weighted by molar-refractivity contribution is -0.113. The quantitative estimate of drug-likeness (QED) is 0.604. The summed E-state index contributed by atoms with van der Waals surface area (Å²) in [5.41, 5.74) is 5.46. The van der Waals surface area contributed by atoms with E-state index in [9.17, 15) is 4.79 Å². The Bertz CT molecular complexity index is 583. The van der Waals surface area contributed by atoms with Crippen LogP contribution >= 0.6 is 46.2 Å². The highest BCUT2D eigenvalue weighted by Crippen LogP contribution is 2.29. The fourth-order valence-electron chi connectivity index (χ4n) is 1.07. The number of nitrogen functional groups attached to an aromatic ring is 1. The fraction of sp³-hybridized carbons (Fsp3) is 0.444. The summed E-state index contributed by atoms with van der Waals surface area (Å²) < 4.78 is 1.52. The molecule has 11 heteroatoms. The van der Waals surface area contributed by atoms with Crippen molar-refractivity contribution in [3.63, 3.8) is 0 Å². The normalized spacial score (nSPS) is 10.9. The van der Waals surface area contributed by atoms with Gasteiger partial charge in [-0.15, -0.1) is 20.4 Å². The van der Waals surface area contributed by atoms with Crippen LogP contribution in [0.5, 0.6) is 0 Å². The summed E-state index contributed by atoms with van der Waals surface area (Å²) in [5, 5.41) is 19.5. The maximum absolute atomic E-state index is 11.7. The summed E-state index contributed by atoms with van der Waals surface area (Å²) in [7, 11) is 0. The molecule has 0 aliphatic heterocycles. The lowest BCUT2D eigenvalue weighted by Crippen LogP contribution is -2.13. The molecule has 0 bridgehead atoms. The van der Waals surface area contributed by atoms with Gasteiger partial charge < -0.3 is 5.73 Å². The number of anilines is 2. The number of carbonyl (C=O) groups is 1. The van der Waals surface area contributed by atoms with E-state index < -0.39 is 0 Å². The van der Waals surface area contributed by atoms with E-state index in [1.54, 1.807) is 11.8 Å². The van der Waals surface area contributed by atoms with Crippen molar-refractivity contribution in [2.24, 2.45) is 0 Å². The van der Waals surface area contributed by atoms with Gasteiger partial charge >= 0.3 is 0 Å². The Kier molecular flexibility index (Phi) is 5.57. The second-order valence-corrected chi connectivity index (χ2v) is 8.82. The Labute approximate surface area is 132 Å². The Morgan fingerprint density at radius 3 is 2.65 bits per heavy atom. The van der Waals surface area contributed by atoms with Crippen molar-refractivity contribution >= 4 is 62.4 Å². The van der Waals surface area contributed by atoms with E-state index >= 15 is 0 Å². The number of nitrogens with two attached hydrogens (primary N) is 1. The van der Waals surface area contributed by atoms with Gasteiger partial charge in [0.15, 0.2) is 8.68 Å². The van der Waals surface area contributed by atoms with Gasteiger partial charge in [-0.25, -0.2) is 0 Å². The van der Waals surface area contributed by atoms with Gasteiger partial charge in [0.2, 0.25) is 16.2 Å². The molecule has 0 aliphatic rings. The first kappa shape index (κ1) is 15.5. The fourth-order valence-corrected chi connectivity index (χ4v) is 4.50. The van der Waals surface area contributed by atoms with E-state index in [0.717, 1.165) is 4.34 Å². The SMILES string of the molecule is CC(C)Sc1nnc(NC(=O)CSc2nnc(N)s2)s1. The van der Waals surface area contributed by atoms with Gasteiger partial charge in [0.05, 0.1) is 5.75 Å². The standard InChI is InChI=1S/C9H12N6OS4/c1-4(2)18-9-15-13-7(20-9)11-5(16)3-17-8-14-12-6(10)19-8/h4H,3H2,1-2H3,(H2,10,12)(H,11,13,16). The van der Waals surface area contributed by atoms with Crippen molar-refractivity contribution in [2.75, 3.05) is 16.8 Å². The smallest absolute Gasteiger partial charge is 0.236 e. The first-order chi connectivity index (χ1) is 9.52. The summed E-state index contributed by atoms with van der Waals surface area (Å²) in [6.45, 7) is 4.16. The first-order valence-electron chi connectivity index (χ1n) is 5.54. The number of thioether (sulfide) groups is 2. The van der Waals surface area contributed by atoms with Gasteiger partial charge in [0, 0.05) is 5.25 Å². The first-order valence-corrected chi connectivity index (χ1v) is 9.04. The van der Waals surface area contributed by atoms with Crippen LogP contribution in [0, 0.1) is 0 Å². The van der Waals surface area contributed by atoms with Crippen LogP contribution in [-0.4, -0.2) is 37.3 Å². The van der Waals surface area contributed by atoms with Crippen molar-refractivity contribution in [2.45, 2.75) is 27.8 Å². The topological polar surface area (TPSA) is 107 Å². The summed E-state index contributed by atoms with van der Waals surface area (Å²) in [6.07, 6.45) is 0. The summed E-state index contributed by atoms with van der Waals surface area (Å²) in [5.74, 6) is 0.0851. The maximum atomic E-state index is 11.7. The number of carbonyl (C=O) groups excluding carboxylic acids is 1. The van der Waals surface area contributed by atoms with Gasteiger partial charge in [-0.2, -0.15) is 0 Å². The number of hydrogen-bond acceptors (Lipinski definition) is 10. The Balaban J connectivity index is 1.80. The minimum Gasteiger partial charge on any atom is -0.374 e. The van der Waals surface area contributed by atoms with Crippen LogP contribution in [-0.2, 0) is 4.79 Å². The highest BCUT2D eigenvalue weighted by atomic mass is 32.2. The zero-order valence-corrected chi connectivity index (χ0v) is 14.0. The third-order valence-corrected chi connectivity index (χ3v) is 5.55. The second-order valence-electron chi connectivity index (χ2n) is 3.78. The maximum Gasteiger partial charge on any atom is 0.236 e. The van der Waals surface area contributed by atoms with Gasteiger partial charge in [-0.3, -0.25) is 10.1 Å². The monoisotopic (exact) mass is 348 g/mol. The molecule has 0 atom stereocenters. The Morgan fingerprint density at radius 2 is 2.00 bits per heavy atom. The van der Waals surface area contributed by atoms with Gasteiger partial charge in [0.25, 0.3) is 0 Å². The molecule has 2 aromatic heterocycles. The lowest BCUT2D eigenvalue weighted by atomic mass is 10.6. The highest BCUT2D eigenvalue weighted by Gasteiger charge is 2.11. The molecule has 7 nitrogen and oxygen atoms in total. The molecule has 0 aromatic carbocycles. The minimum absolute atomic E-state index is 0.152. The van der Waals surface area contributed by atoms with Gasteiger partial charge in [-0.05, 0) is 0 Å².